The van der Waals surface area contributed by atoms with E-state index >= 15 is 0 Å². The van der Waals surface area contributed by atoms with Gasteiger partial charge in [0.15, 0.2) is 0 Å². The fourth-order valence-electron chi connectivity index (χ4n) is 6.55. The molecule has 0 aromatic rings. The molecular formula is C15H23NO. The molecule has 2 N–H and O–H groups in total. The summed E-state index contributed by atoms with van der Waals surface area (Å²) >= 11 is 0. The first-order chi connectivity index (χ1) is 8.09. The number of fused-ring (bicyclic) bond motifs is 9. The van der Waals surface area contributed by atoms with Crippen LogP contribution in [0, 0.1) is 53.3 Å². The molecule has 9 unspecified atom stereocenters. The molecule has 4 aliphatic rings. The SMILES string of the molecule is CC1C(C)C2CC1C1C3CC(C(N)=O)C(C3)C21. The largest absolute Gasteiger partial charge is 0.369 e. The zero-order valence-corrected chi connectivity index (χ0v) is 10.8. The Hall–Kier alpha value is -0.530. The molecule has 2 heteroatoms. The minimum atomic E-state index is -0.0144. The van der Waals surface area contributed by atoms with Crippen molar-refractivity contribution in [3.63, 3.8) is 0 Å². The molecule has 4 saturated carbocycles. The Balaban J connectivity index is 1.68. The second kappa shape index (κ2) is 3.07. The third-order valence-corrected chi connectivity index (χ3v) is 7.21. The number of rotatable bonds is 1. The van der Waals surface area contributed by atoms with Crippen molar-refractivity contribution in [2.45, 2.75) is 33.1 Å². The lowest BCUT2D eigenvalue weighted by Gasteiger charge is -2.42. The van der Waals surface area contributed by atoms with Crippen LogP contribution in [0.1, 0.15) is 33.1 Å². The smallest absolute Gasteiger partial charge is 0.220 e. The molecule has 0 saturated heterocycles. The van der Waals surface area contributed by atoms with E-state index in [1.165, 1.54) is 12.8 Å². The van der Waals surface area contributed by atoms with Crippen LogP contribution >= 0.6 is 0 Å². The number of carbonyl (C=O) groups excluding carboxylic acids is 1. The van der Waals surface area contributed by atoms with E-state index in [9.17, 15) is 4.79 Å². The van der Waals surface area contributed by atoms with Crippen molar-refractivity contribution in [1.82, 2.24) is 0 Å². The maximum Gasteiger partial charge on any atom is 0.220 e. The molecule has 0 aromatic carbocycles. The molecule has 94 valence electrons. The molecule has 0 spiro atoms. The van der Waals surface area contributed by atoms with Gasteiger partial charge in [0.25, 0.3) is 0 Å². The second-order valence-electron chi connectivity index (χ2n) is 7.34. The molecule has 4 bridgehead atoms. The summed E-state index contributed by atoms with van der Waals surface area (Å²) in [6.45, 7) is 4.90. The fourth-order valence-corrected chi connectivity index (χ4v) is 6.55. The number of carbonyl (C=O) groups is 1. The quantitative estimate of drug-likeness (QED) is 0.694. The first-order valence-electron chi connectivity index (χ1n) is 7.39. The van der Waals surface area contributed by atoms with Crippen molar-refractivity contribution >= 4 is 5.91 Å². The van der Waals surface area contributed by atoms with E-state index < -0.39 is 0 Å². The zero-order valence-electron chi connectivity index (χ0n) is 10.8. The minimum Gasteiger partial charge on any atom is -0.369 e. The Morgan fingerprint density at radius 3 is 2.24 bits per heavy atom. The standard InChI is InChI=1S/C15H23NO/c1-6-7(2)10-5-9(6)13-8-3-11(14(10)13)12(4-8)15(16)17/h6-14H,3-5H2,1-2H3,(H2,16,17). The zero-order chi connectivity index (χ0) is 11.9. The molecule has 0 aromatic heterocycles. The fraction of sp³-hybridized carbons (Fsp3) is 0.933. The summed E-state index contributed by atoms with van der Waals surface area (Å²) in [7, 11) is 0. The maximum atomic E-state index is 11.6. The van der Waals surface area contributed by atoms with E-state index in [1.54, 1.807) is 0 Å². The van der Waals surface area contributed by atoms with Crippen LogP contribution in [0.4, 0.5) is 0 Å². The lowest BCUT2D eigenvalue weighted by Crippen LogP contribution is -2.42. The van der Waals surface area contributed by atoms with Gasteiger partial charge in [-0.2, -0.15) is 0 Å². The molecule has 0 radical (unpaired) electrons. The van der Waals surface area contributed by atoms with E-state index in [0.717, 1.165) is 47.8 Å². The summed E-state index contributed by atoms with van der Waals surface area (Å²) in [5.41, 5.74) is 5.59. The number of amides is 1. The van der Waals surface area contributed by atoms with Gasteiger partial charge in [-0.3, -0.25) is 4.79 Å². The highest BCUT2D eigenvalue weighted by atomic mass is 16.1. The van der Waals surface area contributed by atoms with Crippen LogP contribution in [-0.2, 0) is 4.79 Å². The van der Waals surface area contributed by atoms with Crippen molar-refractivity contribution in [3.8, 4) is 0 Å². The van der Waals surface area contributed by atoms with E-state index in [4.69, 9.17) is 5.73 Å². The third-order valence-electron chi connectivity index (χ3n) is 7.21. The van der Waals surface area contributed by atoms with Gasteiger partial charge in [0.05, 0.1) is 0 Å². The Kier molecular flexibility index (Phi) is 1.88. The van der Waals surface area contributed by atoms with Crippen molar-refractivity contribution in [2.75, 3.05) is 0 Å². The van der Waals surface area contributed by atoms with E-state index in [2.05, 4.69) is 13.8 Å². The minimum absolute atomic E-state index is 0.0144. The first-order valence-corrected chi connectivity index (χ1v) is 7.39. The van der Waals surface area contributed by atoms with E-state index in [1.807, 2.05) is 0 Å². The van der Waals surface area contributed by atoms with Crippen molar-refractivity contribution in [1.29, 1.82) is 0 Å². The molecule has 4 fully saturated rings. The third kappa shape index (κ3) is 1.06. The van der Waals surface area contributed by atoms with Gasteiger partial charge in [-0.1, -0.05) is 13.8 Å². The van der Waals surface area contributed by atoms with Crippen molar-refractivity contribution < 1.29 is 4.79 Å². The topological polar surface area (TPSA) is 43.1 Å². The van der Waals surface area contributed by atoms with Crippen LogP contribution in [-0.4, -0.2) is 5.91 Å². The normalized spacial score (nSPS) is 63.1. The van der Waals surface area contributed by atoms with Gasteiger partial charge in [0.1, 0.15) is 0 Å². The van der Waals surface area contributed by atoms with Crippen LogP contribution in [0.5, 0.6) is 0 Å². The van der Waals surface area contributed by atoms with Crippen molar-refractivity contribution in [3.05, 3.63) is 0 Å². The summed E-state index contributed by atoms with van der Waals surface area (Å²) in [5.74, 6) is 7.24. The van der Waals surface area contributed by atoms with Crippen LogP contribution < -0.4 is 5.73 Å². The van der Waals surface area contributed by atoms with Crippen LogP contribution in [0.2, 0.25) is 0 Å². The highest BCUT2D eigenvalue weighted by Crippen LogP contribution is 2.71. The monoisotopic (exact) mass is 233 g/mol. The molecule has 9 atom stereocenters. The molecule has 2 nitrogen and oxygen atoms in total. The Labute approximate surface area is 103 Å². The van der Waals surface area contributed by atoms with Gasteiger partial charge in [-0.15, -0.1) is 0 Å². The van der Waals surface area contributed by atoms with Gasteiger partial charge in [-0.05, 0) is 66.6 Å². The highest BCUT2D eigenvalue weighted by molar-refractivity contribution is 5.77. The van der Waals surface area contributed by atoms with E-state index in [-0.39, 0.29) is 11.8 Å². The predicted molar refractivity (Wildman–Crippen MR) is 65.8 cm³/mol. The first kappa shape index (κ1) is 10.4. The highest BCUT2D eigenvalue weighted by Gasteiger charge is 2.66. The second-order valence-corrected chi connectivity index (χ2v) is 7.34. The lowest BCUT2D eigenvalue weighted by atomic mass is 9.62. The lowest BCUT2D eigenvalue weighted by molar-refractivity contribution is -0.125. The Morgan fingerprint density at radius 1 is 0.941 bits per heavy atom. The molecule has 0 heterocycles. The molecule has 1 amide bonds. The maximum absolute atomic E-state index is 11.6. The van der Waals surface area contributed by atoms with Gasteiger partial charge in [-0.25, -0.2) is 0 Å². The summed E-state index contributed by atoms with van der Waals surface area (Å²) in [5, 5.41) is 0. The molecule has 4 rings (SSSR count). The summed E-state index contributed by atoms with van der Waals surface area (Å²) < 4.78 is 0. The molecule has 4 aliphatic carbocycles. The van der Waals surface area contributed by atoms with Gasteiger partial charge < -0.3 is 5.73 Å². The van der Waals surface area contributed by atoms with Crippen LogP contribution in [0.15, 0.2) is 0 Å². The summed E-state index contributed by atoms with van der Waals surface area (Å²) in [4.78, 5) is 11.6. The average Bonchev–Trinajstić information content (AvgIpc) is 2.98. The number of hydrogen-bond donors (Lipinski definition) is 1. The number of nitrogens with two attached hydrogens (primary N) is 1. The van der Waals surface area contributed by atoms with Crippen molar-refractivity contribution in [2.24, 2.45) is 59.0 Å². The number of primary amides is 1. The van der Waals surface area contributed by atoms with Gasteiger partial charge in [0, 0.05) is 5.92 Å². The molecular weight excluding hydrogens is 210 g/mol. The van der Waals surface area contributed by atoms with Gasteiger partial charge in [0.2, 0.25) is 5.91 Å². The summed E-state index contributed by atoms with van der Waals surface area (Å²) in [6.07, 6.45) is 3.89. The van der Waals surface area contributed by atoms with E-state index in [0.29, 0.717) is 5.92 Å². The Morgan fingerprint density at radius 2 is 1.59 bits per heavy atom. The Bertz CT molecular complexity index is 379. The molecule has 17 heavy (non-hydrogen) atoms. The predicted octanol–water partition coefficient (Wildman–Crippen LogP) is 2.28. The number of hydrogen-bond acceptors (Lipinski definition) is 1. The average molecular weight is 233 g/mol. The van der Waals surface area contributed by atoms with Crippen LogP contribution in [0.3, 0.4) is 0 Å². The molecule has 0 aliphatic heterocycles. The van der Waals surface area contributed by atoms with Crippen LogP contribution in [0.25, 0.3) is 0 Å². The van der Waals surface area contributed by atoms with Gasteiger partial charge >= 0.3 is 0 Å². The summed E-state index contributed by atoms with van der Waals surface area (Å²) in [6, 6.07) is 0.